The largest absolute Gasteiger partial charge is 0.378 e. The van der Waals surface area contributed by atoms with Gasteiger partial charge >= 0.3 is 0 Å². The summed E-state index contributed by atoms with van der Waals surface area (Å²) in [5.41, 5.74) is 3.39. The van der Waals surface area contributed by atoms with Crippen LogP contribution in [0.1, 0.15) is 18.2 Å². The molecule has 0 spiro atoms. The zero-order valence-electron chi connectivity index (χ0n) is 9.64. The van der Waals surface area contributed by atoms with Crippen molar-refractivity contribution >= 4 is 5.69 Å². The number of hydrogen-bond acceptors (Lipinski definition) is 3. The molecule has 0 amide bonds. The molecule has 16 heavy (non-hydrogen) atoms. The average Bonchev–Trinajstić information content (AvgIpc) is 2.74. The number of anilines is 1. The van der Waals surface area contributed by atoms with Gasteiger partial charge in [-0.15, -0.1) is 0 Å². The minimum absolute atomic E-state index is 0.777. The third-order valence-electron chi connectivity index (χ3n) is 2.45. The van der Waals surface area contributed by atoms with Gasteiger partial charge in [0, 0.05) is 25.1 Å². The van der Waals surface area contributed by atoms with Gasteiger partial charge in [0.05, 0.1) is 17.9 Å². The first-order valence-corrected chi connectivity index (χ1v) is 5.46. The van der Waals surface area contributed by atoms with E-state index in [9.17, 15) is 0 Å². The first kappa shape index (κ1) is 10.7. The van der Waals surface area contributed by atoms with Crippen LogP contribution >= 0.6 is 0 Å². The molecular weight excluding hydrogens is 200 g/mol. The predicted molar refractivity (Wildman–Crippen MR) is 64.2 cm³/mol. The number of nitrogens with one attached hydrogen (secondary N) is 1. The van der Waals surface area contributed by atoms with Crippen LogP contribution in [0.15, 0.2) is 30.7 Å². The zero-order chi connectivity index (χ0) is 11.4. The van der Waals surface area contributed by atoms with Crippen LogP contribution < -0.4 is 5.32 Å². The molecule has 0 unspecified atom stereocenters. The van der Waals surface area contributed by atoms with Gasteiger partial charge in [0.15, 0.2) is 0 Å². The summed E-state index contributed by atoms with van der Waals surface area (Å²) in [4.78, 5) is 4.14. The summed E-state index contributed by atoms with van der Waals surface area (Å²) < 4.78 is 1.98. The third-order valence-corrected chi connectivity index (χ3v) is 2.45. The zero-order valence-corrected chi connectivity index (χ0v) is 9.64. The Labute approximate surface area is 95.3 Å². The maximum absolute atomic E-state index is 4.23. The Kier molecular flexibility index (Phi) is 3.19. The highest BCUT2D eigenvalue weighted by Crippen LogP contribution is 2.09. The van der Waals surface area contributed by atoms with E-state index >= 15 is 0 Å². The maximum Gasteiger partial charge on any atom is 0.0575 e. The Hall–Kier alpha value is -1.84. The van der Waals surface area contributed by atoms with Crippen molar-refractivity contribution in [2.24, 2.45) is 0 Å². The number of hydrogen-bond donors (Lipinski definition) is 1. The quantitative estimate of drug-likeness (QED) is 0.852. The highest BCUT2D eigenvalue weighted by Gasteiger charge is 2.00. The van der Waals surface area contributed by atoms with Gasteiger partial charge in [0.2, 0.25) is 0 Å². The lowest BCUT2D eigenvalue weighted by molar-refractivity contribution is 0.627. The van der Waals surface area contributed by atoms with Crippen molar-refractivity contribution in [2.75, 3.05) is 5.32 Å². The average molecular weight is 216 g/mol. The maximum atomic E-state index is 4.23. The van der Waals surface area contributed by atoms with Crippen LogP contribution in [-0.4, -0.2) is 14.8 Å². The molecule has 0 aliphatic heterocycles. The molecule has 0 saturated carbocycles. The fourth-order valence-corrected chi connectivity index (χ4v) is 1.64. The SMILES string of the molecule is CCn1nccc1CNc1cncc(C)c1. The van der Waals surface area contributed by atoms with Crippen molar-refractivity contribution in [1.29, 1.82) is 0 Å². The lowest BCUT2D eigenvalue weighted by Crippen LogP contribution is -2.07. The van der Waals surface area contributed by atoms with Gasteiger partial charge in [0.1, 0.15) is 0 Å². The third kappa shape index (κ3) is 2.39. The summed E-state index contributed by atoms with van der Waals surface area (Å²) in [6.07, 6.45) is 5.51. The molecule has 2 aromatic rings. The molecular formula is C12H16N4. The fraction of sp³-hybridized carbons (Fsp3) is 0.333. The molecule has 4 nitrogen and oxygen atoms in total. The molecule has 0 bridgehead atoms. The van der Waals surface area contributed by atoms with E-state index in [1.807, 2.05) is 36.3 Å². The van der Waals surface area contributed by atoms with Crippen LogP contribution in [0.4, 0.5) is 5.69 Å². The number of aromatic nitrogens is 3. The molecule has 0 radical (unpaired) electrons. The molecule has 4 heteroatoms. The van der Waals surface area contributed by atoms with Gasteiger partial charge < -0.3 is 5.32 Å². The van der Waals surface area contributed by atoms with Gasteiger partial charge in [-0.25, -0.2) is 0 Å². The van der Waals surface area contributed by atoms with Crippen molar-refractivity contribution in [3.05, 3.63) is 42.0 Å². The van der Waals surface area contributed by atoms with Crippen LogP contribution in [0.2, 0.25) is 0 Å². The smallest absolute Gasteiger partial charge is 0.0575 e. The molecule has 0 fully saturated rings. The van der Waals surface area contributed by atoms with E-state index in [2.05, 4.69) is 28.4 Å². The van der Waals surface area contributed by atoms with Crippen molar-refractivity contribution in [1.82, 2.24) is 14.8 Å². The second-order valence-electron chi connectivity index (χ2n) is 3.74. The first-order valence-electron chi connectivity index (χ1n) is 5.46. The van der Waals surface area contributed by atoms with E-state index in [4.69, 9.17) is 0 Å². The topological polar surface area (TPSA) is 42.7 Å². The van der Waals surface area contributed by atoms with Crippen LogP contribution in [0, 0.1) is 6.92 Å². The van der Waals surface area contributed by atoms with E-state index in [0.717, 1.165) is 24.3 Å². The highest BCUT2D eigenvalue weighted by atomic mass is 15.3. The van der Waals surface area contributed by atoms with Crippen molar-refractivity contribution in [2.45, 2.75) is 26.9 Å². The lowest BCUT2D eigenvalue weighted by Gasteiger charge is -2.08. The van der Waals surface area contributed by atoms with Crippen LogP contribution in [0.3, 0.4) is 0 Å². The monoisotopic (exact) mass is 216 g/mol. The molecule has 0 aliphatic carbocycles. The number of rotatable bonds is 4. The lowest BCUT2D eigenvalue weighted by atomic mass is 10.3. The van der Waals surface area contributed by atoms with Crippen LogP contribution in [0.5, 0.6) is 0 Å². The highest BCUT2D eigenvalue weighted by molar-refractivity contribution is 5.42. The Morgan fingerprint density at radius 2 is 2.25 bits per heavy atom. The number of aryl methyl sites for hydroxylation is 2. The first-order chi connectivity index (χ1) is 7.79. The number of pyridine rings is 1. The molecule has 0 aromatic carbocycles. The molecule has 0 aliphatic rings. The molecule has 1 N–H and O–H groups in total. The molecule has 2 rings (SSSR count). The van der Waals surface area contributed by atoms with E-state index in [-0.39, 0.29) is 0 Å². The van der Waals surface area contributed by atoms with E-state index in [0.29, 0.717) is 0 Å². The predicted octanol–water partition coefficient (Wildman–Crippen LogP) is 2.22. The molecule has 0 atom stereocenters. The van der Waals surface area contributed by atoms with Gasteiger partial charge in [-0.2, -0.15) is 5.10 Å². The summed E-state index contributed by atoms with van der Waals surface area (Å²) in [7, 11) is 0. The summed E-state index contributed by atoms with van der Waals surface area (Å²) in [6, 6.07) is 4.11. The van der Waals surface area contributed by atoms with Crippen LogP contribution in [-0.2, 0) is 13.1 Å². The van der Waals surface area contributed by atoms with Crippen molar-refractivity contribution < 1.29 is 0 Å². The normalized spacial score (nSPS) is 10.4. The fourth-order valence-electron chi connectivity index (χ4n) is 1.64. The standard InChI is InChI=1S/C12H16N4/c1-3-16-12(4-5-15-16)9-14-11-6-10(2)7-13-8-11/h4-8,14H,3,9H2,1-2H3. The van der Waals surface area contributed by atoms with Crippen molar-refractivity contribution in [3.8, 4) is 0 Å². The minimum atomic E-state index is 0.777. The van der Waals surface area contributed by atoms with Gasteiger partial charge in [0.25, 0.3) is 0 Å². The summed E-state index contributed by atoms with van der Waals surface area (Å²) in [6.45, 7) is 5.80. The van der Waals surface area contributed by atoms with E-state index < -0.39 is 0 Å². The summed E-state index contributed by atoms with van der Waals surface area (Å²) >= 11 is 0. The Bertz CT molecular complexity index is 462. The van der Waals surface area contributed by atoms with Gasteiger partial charge in [-0.05, 0) is 31.5 Å². The van der Waals surface area contributed by atoms with Gasteiger partial charge in [-0.3, -0.25) is 9.67 Å². The molecule has 2 aromatic heterocycles. The minimum Gasteiger partial charge on any atom is -0.378 e. The summed E-state index contributed by atoms with van der Waals surface area (Å²) in [5.74, 6) is 0. The Morgan fingerprint density at radius 3 is 3.00 bits per heavy atom. The van der Waals surface area contributed by atoms with E-state index in [1.54, 1.807) is 0 Å². The van der Waals surface area contributed by atoms with E-state index in [1.165, 1.54) is 5.69 Å². The van der Waals surface area contributed by atoms with Gasteiger partial charge in [-0.1, -0.05) is 0 Å². The number of nitrogens with zero attached hydrogens (tertiary/aromatic N) is 3. The second kappa shape index (κ2) is 4.79. The van der Waals surface area contributed by atoms with Crippen LogP contribution in [0.25, 0.3) is 0 Å². The summed E-state index contributed by atoms with van der Waals surface area (Å²) in [5, 5.41) is 7.56. The molecule has 0 saturated heterocycles. The second-order valence-corrected chi connectivity index (χ2v) is 3.74. The molecule has 84 valence electrons. The Morgan fingerprint density at radius 1 is 1.38 bits per heavy atom. The Balaban J connectivity index is 2.02. The molecule has 2 heterocycles. The van der Waals surface area contributed by atoms with Crippen molar-refractivity contribution in [3.63, 3.8) is 0 Å².